The highest BCUT2D eigenvalue weighted by atomic mass is 16.6. The topological polar surface area (TPSA) is 105 Å². The number of imide groups is 1. The summed E-state index contributed by atoms with van der Waals surface area (Å²) in [4.78, 5) is 34.3. The second-order valence-electron chi connectivity index (χ2n) is 8.15. The lowest BCUT2D eigenvalue weighted by molar-refractivity contribution is 0.0925. The number of hydrogen-bond acceptors (Lipinski definition) is 5. The van der Waals surface area contributed by atoms with Crippen LogP contribution in [0, 0.1) is 0 Å². The molecule has 0 aliphatic rings. The van der Waals surface area contributed by atoms with Crippen LogP contribution in [0.25, 0.3) is 0 Å². The van der Waals surface area contributed by atoms with Gasteiger partial charge in [-0.1, -0.05) is 91.9 Å². The molecule has 0 unspecified atom stereocenters. The number of unbranched alkanes of at least 4 members (excludes halogenated alkanes) is 10. The van der Waals surface area contributed by atoms with E-state index in [0.717, 1.165) is 75.7 Å². The van der Waals surface area contributed by atoms with E-state index in [1.165, 1.54) is 19.3 Å². The van der Waals surface area contributed by atoms with E-state index in [2.05, 4.69) is 26.1 Å². The van der Waals surface area contributed by atoms with Crippen LogP contribution >= 0.6 is 0 Å². The number of rotatable bonds is 18. The summed E-state index contributed by atoms with van der Waals surface area (Å²) >= 11 is 0. The third-order valence-corrected chi connectivity index (χ3v) is 4.94. The first-order valence-electron chi connectivity index (χ1n) is 13.0. The van der Waals surface area contributed by atoms with Crippen molar-refractivity contribution < 1.29 is 29.0 Å². The van der Waals surface area contributed by atoms with Crippen molar-refractivity contribution in [1.29, 1.82) is 0 Å². The zero-order valence-corrected chi connectivity index (χ0v) is 21.7. The molecule has 0 atom stereocenters. The van der Waals surface area contributed by atoms with Crippen LogP contribution in [0.15, 0.2) is 0 Å². The van der Waals surface area contributed by atoms with Gasteiger partial charge in [-0.2, -0.15) is 0 Å². The van der Waals surface area contributed by atoms with Gasteiger partial charge in [-0.3, -0.25) is 0 Å². The van der Waals surface area contributed by atoms with Gasteiger partial charge in [-0.15, -0.1) is 0 Å². The Morgan fingerprint density at radius 2 is 1.15 bits per heavy atom. The van der Waals surface area contributed by atoms with Gasteiger partial charge in [-0.05, 0) is 25.7 Å². The largest absolute Gasteiger partial charge is 0.465 e. The molecule has 0 aromatic rings. The molecule has 0 rings (SSSR count). The first kappa shape index (κ1) is 33.2. The number of carbonyl (C=O) groups is 3. The van der Waals surface area contributed by atoms with Gasteiger partial charge >= 0.3 is 18.3 Å². The summed E-state index contributed by atoms with van der Waals surface area (Å²) in [7, 11) is 0. The van der Waals surface area contributed by atoms with Gasteiger partial charge in [0.05, 0.1) is 13.2 Å². The lowest BCUT2D eigenvalue weighted by Gasteiger charge is -2.16. The number of amides is 3. The Morgan fingerprint density at radius 1 is 0.667 bits per heavy atom. The molecule has 0 aromatic heterocycles. The van der Waals surface area contributed by atoms with Crippen LogP contribution in [0.3, 0.4) is 0 Å². The van der Waals surface area contributed by atoms with E-state index in [1.807, 2.05) is 6.92 Å². The molecule has 8 heteroatoms. The van der Waals surface area contributed by atoms with Gasteiger partial charge in [0.2, 0.25) is 0 Å². The fraction of sp³-hybridized carbons (Fsp3) is 0.880. The quantitative estimate of drug-likeness (QED) is 0.201. The molecule has 0 saturated heterocycles. The molecule has 0 spiro atoms. The van der Waals surface area contributed by atoms with Crippen LogP contribution in [0.2, 0.25) is 0 Å². The number of hydrogen-bond donors (Lipinski definition) is 2. The Labute approximate surface area is 201 Å². The maximum Gasteiger partial charge on any atom is 0.419 e. The van der Waals surface area contributed by atoms with Crippen molar-refractivity contribution >= 4 is 18.3 Å². The normalized spacial score (nSPS) is 10.1. The minimum atomic E-state index is -1.23. The Kier molecular flexibility index (Phi) is 26.4. The summed E-state index contributed by atoms with van der Waals surface area (Å²) in [6.07, 6.45) is 12.3. The maximum atomic E-state index is 11.5. The molecule has 33 heavy (non-hydrogen) atoms. The van der Waals surface area contributed by atoms with Crippen LogP contribution in [-0.2, 0) is 9.47 Å². The van der Waals surface area contributed by atoms with Crippen molar-refractivity contribution in [3.63, 3.8) is 0 Å². The molecule has 0 aliphatic heterocycles. The van der Waals surface area contributed by atoms with E-state index >= 15 is 0 Å². The molecule has 0 radical (unpaired) electrons. The average molecular weight is 475 g/mol. The number of carboxylic acid groups (broad SMARTS) is 1. The third kappa shape index (κ3) is 24.5. The minimum Gasteiger partial charge on any atom is -0.465 e. The fourth-order valence-electron chi connectivity index (χ4n) is 2.86. The number of nitrogens with one attached hydrogen (secondary N) is 1. The minimum absolute atomic E-state index is 0.219. The van der Waals surface area contributed by atoms with Crippen LogP contribution in [0.4, 0.5) is 14.4 Å². The van der Waals surface area contributed by atoms with Crippen molar-refractivity contribution in [2.45, 2.75) is 118 Å². The molecule has 0 aromatic carbocycles. The van der Waals surface area contributed by atoms with Crippen LogP contribution in [-0.4, -0.2) is 54.6 Å². The third-order valence-electron chi connectivity index (χ3n) is 4.94. The Hall–Kier alpha value is -1.99. The molecule has 8 nitrogen and oxygen atoms in total. The average Bonchev–Trinajstić information content (AvgIpc) is 2.79. The molecule has 3 amide bonds. The van der Waals surface area contributed by atoms with Gasteiger partial charge in [0, 0.05) is 13.1 Å². The Balaban J connectivity index is 0. The molecule has 2 N–H and O–H groups in total. The number of nitrogens with zero attached hydrogens (tertiary/aromatic N) is 1. The first-order chi connectivity index (χ1) is 15.9. The second kappa shape index (κ2) is 26.3. The van der Waals surface area contributed by atoms with Crippen molar-refractivity contribution in [3.05, 3.63) is 0 Å². The zero-order valence-electron chi connectivity index (χ0n) is 21.7. The predicted octanol–water partition coefficient (Wildman–Crippen LogP) is 7.36. The molecular formula is C25H50N2O6. The molecule has 0 bridgehead atoms. The lowest BCUT2D eigenvalue weighted by atomic mass is 10.2. The smallest absolute Gasteiger partial charge is 0.419 e. The van der Waals surface area contributed by atoms with Gasteiger partial charge in [0.25, 0.3) is 0 Å². The highest BCUT2D eigenvalue weighted by Gasteiger charge is 2.21. The molecular weight excluding hydrogens is 424 g/mol. The first-order valence-corrected chi connectivity index (χ1v) is 13.0. The van der Waals surface area contributed by atoms with E-state index in [-0.39, 0.29) is 12.6 Å². The summed E-state index contributed by atoms with van der Waals surface area (Å²) in [5, 5.41) is 11.7. The summed E-state index contributed by atoms with van der Waals surface area (Å²) in [5.74, 6) is 0. The lowest BCUT2D eigenvalue weighted by Crippen LogP contribution is -2.37. The van der Waals surface area contributed by atoms with E-state index in [9.17, 15) is 14.4 Å². The summed E-state index contributed by atoms with van der Waals surface area (Å²) < 4.78 is 9.97. The predicted molar refractivity (Wildman–Crippen MR) is 133 cm³/mol. The van der Waals surface area contributed by atoms with Gasteiger partial charge in [0.1, 0.15) is 0 Å². The van der Waals surface area contributed by atoms with Crippen molar-refractivity contribution in [2.24, 2.45) is 0 Å². The van der Waals surface area contributed by atoms with Gasteiger partial charge in [-0.25, -0.2) is 19.3 Å². The van der Waals surface area contributed by atoms with Crippen molar-refractivity contribution in [3.8, 4) is 0 Å². The fourth-order valence-corrected chi connectivity index (χ4v) is 2.86. The maximum absolute atomic E-state index is 11.5. The molecule has 0 aliphatic carbocycles. The summed E-state index contributed by atoms with van der Waals surface area (Å²) in [6.45, 7) is 10.3. The van der Waals surface area contributed by atoms with E-state index in [1.54, 1.807) is 0 Å². The molecule has 0 heterocycles. The highest BCUT2D eigenvalue weighted by molar-refractivity contribution is 5.86. The highest BCUT2D eigenvalue weighted by Crippen LogP contribution is 2.04. The summed E-state index contributed by atoms with van der Waals surface area (Å²) in [6, 6.07) is 0. The van der Waals surface area contributed by atoms with E-state index < -0.39 is 12.2 Å². The molecule has 0 fully saturated rings. The Morgan fingerprint density at radius 3 is 1.67 bits per heavy atom. The van der Waals surface area contributed by atoms with Crippen LogP contribution < -0.4 is 5.32 Å². The van der Waals surface area contributed by atoms with Crippen LogP contribution in [0.5, 0.6) is 0 Å². The van der Waals surface area contributed by atoms with Crippen molar-refractivity contribution in [2.75, 3.05) is 26.3 Å². The number of ether oxygens (including phenoxy) is 2. The van der Waals surface area contributed by atoms with Crippen LogP contribution in [0.1, 0.15) is 118 Å². The SMILES string of the molecule is CCCCCCOC(=O)N(CCCCC)C(=O)O.CCCCCCOC(=O)NCCCCC. The van der Waals surface area contributed by atoms with Gasteiger partial charge < -0.3 is 19.9 Å². The van der Waals surface area contributed by atoms with E-state index in [0.29, 0.717) is 19.6 Å². The second-order valence-corrected chi connectivity index (χ2v) is 8.15. The van der Waals surface area contributed by atoms with E-state index in [4.69, 9.17) is 14.6 Å². The molecule has 0 saturated carbocycles. The molecule has 196 valence electrons. The number of alkyl carbamates (subject to hydrolysis) is 1. The summed E-state index contributed by atoms with van der Waals surface area (Å²) in [5.41, 5.74) is 0. The standard InChI is InChI=1S/C13H25NO4.C12H25NO2/c1-3-5-7-9-11-18-13(17)14(12(15)16)10-8-6-4-2;1-3-5-7-9-11-15-12(14)13-10-8-6-4-2/h3-11H2,1-2H3,(H,15,16);3-11H2,1-2H3,(H,13,14). The number of carbonyl (C=O) groups excluding carboxylic acids is 2. The van der Waals surface area contributed by atoms with Gasteiger partial charge in [0.15, 0.2) is 0 Å². The Bertz CT molecular complexity index is 474. The zero-order chi connectivity index (χ0) is 25.2. The van der Waals surface area contributed by atoms with Crippen molar-refractivity contribution in [1.82, 2.24) is 10.2 Å². The monoisotopic (exact) mass is 474 g/mol.